The molecule has 0 aliphatic carbocycles. The number of hydrogen-bond acceptors (Lipinski definition) is 3. The summed E-state index contributed by atoms with van der Waals surface area (Å²) in [4.78, 5) is 0. The Morgan fingerprint density at radius 1 is 1.38 bits per heavy atom. The van der Waals surface area contributed by atoms with Crippen LogP contribution in [-0.4, -0.2) is 16.8 Å². The van der Waals surface area contributed by atoms with Gasteiger partial charge >= 0.3 is 0 Å². The molecule has 0 saturated carbocycles. The minimum Gasteiger partial charge on any atom is -0.394 e. The first-order valence-corrected chi connectivity index (χ1v) is 4.74. The second-order valence-corrected chi connectivity index (χ2v) is 3.71. The maximum atomic E-state index is 9.03. The van der Waals surface area contributed by atoms with E-state index in [0.717, 1.165) is 15.6 Å². The van der Waals surface area contributed by atoms with Gasteiger partial charge in [-0.05, 0) is 23.3 Å². The molecule has 0 saturated heterocycles. The third-order valence-electron chi connectivity index (χ3n) is 1.87. The van der Waals surface area contributed by atoms with E-state index in [2.05, 4.69) is 15.9 Å². The van der Waals surface area contributed by atoms with Gasteiger partial charge in [-0.15, -0.1) is 0 Å². The Labute approximate surface area is 85.3 Å². The van der Waals surface area contributed by atoms with Crippen LogP contribution in [0.3, 0.4) is 0 Å². The van der Waals surface area contributed by atoms with Gasteiger partial charge in [0.15, 0.2) is 0 Å². The zero-order chi connectivity index (χ0) is 9.84. The molecular formula is C9H12BrNO2. The zero-order valence-corrected chi connectivity index (χ0v) is 8.66. The van der Waals surface area contributed by atoms with Crippen molar-refractivity contribution in [3.8, 4) is 0 Å². The van der Waals surface area contributed by atoms with Crippen molar-refractivity contribution in [3.63, 3.8) is 0 Å². The van der Waals surface area contributed by atoms with Crippen LogP contribution in [0.1, 0.15) is 17.2 Å². The summed E-state index contributed by atoms with van der Waals surface area (Å²) < 4.78 is 0.894. The molecule has 0 aliphatic heterocycles. The van der Waals surface area contributed by atoms with E-state index < -0.39 is 6.04 Å². The third kappa shape index (κ3) is 2.51. The molecular weight excluding hydrogens is 234 g/mol. The molecule has 1 atom stereocenters. The first-order chi connectivity index (χ1) is 6.19. The quantitative estimate of drug-likeness (QED) is 0.743. The van der Waals surface area contributed by atoms with Crippen LogP contribution in [-0.2, 0) is 6.61 Å². The van der Waals surface area contributed by atoms with Gasteiger partial charge in [0, 0.05) is 4.47 Å². The molecule has 0 heterocycles. The van der Waals surface area contributed by atoms with Gasteiger partial charge in [-0.25, -0.2) is 0 Å². The number of nitrogens with two attached hydrogens (primary N) is 1. The number of aliphatic hydroxyl groups is 2. The fraction of sp³-hybridized carbons (Fsp3) is 0.333. The minimum absolute atomic E-state index is 0.0670. The van der Waals surface area contributed by atoms with Crippen molar-refractivity contribution in [1.82, 2.24) is 0 Å². The van der Waals surface area contributed by atoms with Gasteiger partial charge in [-0.1, -0.05) is 22.0 Å². The highest BCUT2D eigenvalue weighted by Gasteiger charge is 2.09. The zero-order valence-electron chi connectivity index (χ0n) is 7.07. The lowest BCUT2D eigenvalue weighted by atomic mass is 10.0. The largest absolute Gasteiger partial charge is 0.394 e. The van der Waals surface area contributed by atoms with Crippen molar-refractivity contribution in [2.24, 2.45) is 5.73 Å². The number of benzene rings is 1. The molecule has 1 aromatic carbocycles. The van der Waals surface area contributed by atoms with Crippen LogP contribution in [0.15, 0.2) is 22.7 Å². The summed E-state index contributed by atoms with van der Waals surface area (Å²) in [7, 11) is 0. The Balaban J connectivity index is 3.05. The number of halogens is 1. The number of rotatable bonds is 3. The molecule has 0 bridgehead atoms. The van der Waals surface area contributed by atoms with Gasteiger partial charge in [0.2, 0.25) is 0 Å². The van der Waals surface area contributed by atoms with E-state index in [9.17, 15) is 0 Å². The highest BCUT2D eigenvalue weighted by Crippen LogP contribution is 2.20. The Morgan fingerprint density at radius 2 is 2.08 bits per heavy atom. The second kappa shape index (κ2) is 4.72. The van der Waals surface area contributed by atoms with Gasteiger partial charge in [-0.3, -0.25) is 0 Å². The minimum atomic E-state index is -0.421. The summed E-state index contributed by atoms with van der Waals surface area (Å²) in [6.07, 6.45) is 0. The van der Waals surface area contributed by atoms with Crippen molar-refractivity contribution in [1.29, 1.82) is 0 Å². The Kier molecular flexibility index (Phi) is 3.87. The predicted octanol–water partition coefficient (Wildman–Crippen LogP) is 0.933. The smallest absolute Gasteiger partial charge is 0.0685 e. The fourth-order valence-electron chi connectivity index (χ4n) is 1.17. The summed E-state index contributed by atoms with van der Waals surface area (Å²) in [5.74, 6) is 0. The van der Waals surface area contributed by atoms with Crippen LogP contribution >= 0.6 is 15.9 Å². The molecule has 0 aromatic heterocycles. The molecule has 0 radical (unpaired) electrons. The maximum absolute atomic E-state index is 9.03. The Morgan fingerprint density at radius 3 is 2.62 bits per heavy atom. The second-order valence-electron chi connectivity index (χ2n) is 2.79. The van der Waals surface area contributed by atoms with Crippen molar-refractivity contribution in [2.45, 2.75) is 12.6 Å². The van der Waals surface area contributed by atoms with Gasteiger partial charge in [0.1, 0.15) is 0 Å². The molecule has 1 aromatic rings. The average Bonchev–Trinajstić information content (AvgIpc) is 2.16. The maximum Gasteiger partial charge on any atom is 0.0685 e. The molecule has 0 unspecified atom stereocenters. The number of hydrogen-bond donors (Lipinski definition) is 3. The van der Waals surface area contributed by atoms with E-state index in [4.69, 9.17) is 15.9 Å². The molecule has 4 N–H and O–H groups in total. The van der Waals surface area contributed by atoms with E-state index in [1.165, 1.54) is 0 Å². The predicted molar refractivity (Wildman–Crippen MR) is 54.1 cm³/mol. The highest BCUT2D eigenvalue weighted by atomic mass is 79.9. The van der Waals surface area contributed by atoms with Crippen LogP contribution < -0.4 is 5.73 Å². The third-order valence-corrected chi connectivity index (χ3v) is 2.36. The van der Waals surface area contributed by atoms with Crippen LogP contribution in [0.2, 0.25) is 0 Å². The van der Waals surface area contributed by atoms with Crippen molar-refractivity contribution >= 4 is 15.9 Å². The summed E-state index contributed by atoms with van der Waals surface area (Å²) >= 11 is 3.29. The van der Waals surface area contributed by atoms with Crippen LogP contribution in [0, 0.1) is 0 Å². The molecule has 1 rings (SSSR count). The van der Waals surface area contributed by atoms with E-state index in [1.807, 2.05) is 6.07 Å². The van der Waals surface area contributed by atoms with Crippen molar-refractivity contribution in [2.75, 3.05) is 6.61 Å². The van der Waals surface area contributed by atoms with E-state index in [0.29, 0.717) is 0 Å². The number of aliphatic hydroxyl groups excluding tert-OH is 2. The molecule has 0 aliphatic rings. The monoisotopic (exact) mass is 245 g/mol. The van der Waals surface area contributed by atoms with Gasteiger partial charge in [0.25, 0.3) is 0 Å². The Bertz CT molecular complexity index is 291. The fourth-order valence-corrected chi connectivity index (χ4v) is 1.58. The van der Waals surface area contributed by atoms with E-state index >= 15 is 0 Å². The van der Waals surface area contributed by atoms with E-state index in [-0.39, 0.29) is 13.2 Å². The first-order valence-electron chi connectivity index (χ1n) is 3.94. The summed E-state index contributed by atoms with van der Waals surface area (Å²) in [5.41, 5.74) is 7.18. The lowest BCUT2D eigenvalue weighted by molar-refractivity contribution is 0.259. The highest BCUT2D eigenvalue weighted by molar-refractivity contribution is 9.10. The van der Waals surface area contributed by atoms with Crippen molar-refractivity contribution in [3.05, 3.63) is 33.8 Å². The molecule has 0 amide bonds. The topological polar surface area (TPSA) is 66.5 Å². The molecule has 72 valence electrons. The van der Waals surface area contributed by atoms with E-state index in [1.54, 1.807) is 12.1 Å². The van der Waals surface area contributed by atoms with Gasteiger partial charge < -0.3 is 15.9 Å². The Hall–Kier alpha value is -0.420. The van der Waals surface area contributed by atoms with Crippen LogP contribution in [0.25, 0.3) is 0 Å². The summed E-state index contributed by atoms with van der Waals surface area (Å²) in [6.45, 7) is -0.183. The van der Waals surface area contributed by atoms with Crippen molar-refractivity contribution < 1.29 is 10.2 Å². The summed E-state index contributed by atoms with van der Waals surface area (Å²) in [6, 6.07) is 5.01. The first kappa shape index (κ1) is 10.7. The van der Waals surface area contributed by atoms with Crippen LogP contribution in [0.4, 0.5) is 0 Å². The summed E-state index contributed by atoms with van der Waals surface area (Å²) in [5, 5.41) is 17.9. The standard InChI is InChI=1S/C9H12BrNO2/c10-7-1-2-8(9(11)5-13)6(3-7)4-12/h1-3,9,12-13H,4-5,11H2/t9-/m1/s1. The lowest BCUT2D eigenvalue weighted by Gasteiger charge is -2.13. The van der Waals surface area contributed by atoms with Crippen LogP contribution in [0.5, 0.6) is 0 Å². The molecule has 3 nitrogen and oxygen atoms in total. The molecule has 4 heteroatoms. The average molecular weight is 246 g/mol. The lowest BCUT2D eigenvalue weighted by Crippen LogP contribution is -2.16. The SMILES string of the molecule is N[C@H](CO)c1ccc(Br)cc1CO. The van der Waals surface area contributed by atoms with Gasteiger partial charge in [0.05, 0.1) is 19.3 Å². The molecule has 13 heavy (non-hydrogen) atoms. The molecule has 0 fully saturated rings. The molecule has 0 spiro atoms. The van der Waals surface area contributed by atoms with Gasteiger partial charge in [-0.2, -0.15) is 0 Å². The normalized spacial score (nSPS) is 12.9.